The Bertz CT molecular complexity index is 242. The van der Waals surface area contributed by atoms with Gasteiger partial charge in [0.1, 0.15) is 6.10 Å². The minimum Gasteiger partial charge on any atom is -0.383 e. The minimum atomic E-state index is -0.796. The average molecular weight is 197 g/mol. The number of rotatable bonds is 3. The summed E-state index contributed by atoms with van der Waals surface area (Å²) in [7, 11) is 0. The zero-order valence-corrected chi connectivity index (χ0v) is 8.99. The van der Waals surface area contributed by atoms with Crippen LogP contribution >= 0.6 is 0 Å². The lowest BCUT2D eigenvalue weighted by atomic mass is 9.80. The van der Waals surface area contributed by atoms with Gasteiger partial charge in [0.15, 0.2) is 0 Å². The van der Waals surface area contributed by atoms with Gasteiger partial charge in [0.05, 0.1) is 0 Å². The molecule has 3 nitrogen and oxygen atoms in total. The van der Waals surface area contributed by atoms with Gasteiger partial charge in [0, 0.05) is 18.5 Å². The predicted molar refractivity (Wildman–Crippen MR) is 53.7 cm³/mol. The van der Waals surface area contributed by atoms with Crippen LogP contribution in [0.5, 0.6) is 0 Å². The van der Waals surface area contributed by atoms with Gasteiger partial charge < -0.3 is 10.0 Å². The highest BCUT2D eigenvalue weighted by Crippen LogP contribution is 2.47. The molecule has 1 aliphatic heterocycles. The number of carbonyl (C=O) groups excluding carboxylic acids is 1. The second-order valence-corrected chi connectivity index (χ2v) is 5.18. The largest absolute Gasteiger partial charge is 0.383 e. The van der Waals surface area contributed by atoms with Crippen LogP contribution in [0.1, 0.15) is 33.1 Å². The van der Waals surface area contributed by atoms with E-state index >= 15 is 0 Å². The van der Waals surface area contributed by atoms with E-state index in [1.165, 1.54) is 0 Å². The van der Waals surface area contributed by atoms with E-state index in [0.717, 1.165) is 32.4 Å². The minimum absolute atomic E-state index is 0.0619. The molecule has 0 unspecified atom stereocenters. The molecule has 0 bridgehead atoms. The van der Waals surface area contributed by atoms with Crippen LogP contribution in [0.25, 0.3) is 0 Å². The highest BCUT2D eigenvalue weighted by Gasteiger charge is 2.47. The van der Waals surface area contributed by atoms with Gasteiger partial charge in [0.2, 0.25) is 0 Å². The maximum atomic E-state index is 11.8. The Hall–Kier alpha value is -0.570. The number of nitrogens with zero attached hydrogens (tertiary/aromatic N) is 1. The monoisotopic (exact) mass is 197 g/mol. The van der Waals surface area contributed by atoms with E-state index in [0.29, 0.717) is 5.92 Å². The molecule has 0 spiro atoms. The summed E-state index contributed by atoms with van der Waals surface area (Å²) in [6.07, 6.45) is 2.62. The molecule has 0 aromatic rings. The Morgan fingerprint density at radius 2 is 2.00 bits per heavy atom. The topological polar surface area (TPSA) is 40.5 Å². The molecule has 1 heterocycles. The molecule has 2 rings (SSSR count). The third-order valence-corrected chi connectivity index (χ3v) is 3.74. The van der Waals surface area contributed by atoms with Crippen molar-refractivity contribution in [1.82, 2.24) is 4.90 Å². The molecule has 1 N–H and O–H groups in total. The molecule has 2 aliphatic rings. The number of hydrogen-bond acceptors (Lipinski definition) is 2. The fourth-order valence-corrected chi connectivity index (χ4v) is 2.08. The maximum Gasteiger partial charge on any atom is 0.251 e. The normalized spacial score (nSPS) is 24.4. The number of likely N-dealkylation sites (tertiary alicyclic amines) is 1. The van der Waals surface area contributed by atoms with Crippen LogP contribution in [0.3, 0.4) is 0 Å². The van der Waals surface area contributed by atoms with Crippen molar-refractivity contribution in [3.05, 3.63) is 0 Å². The fraction of sp³-hybridized carbons (Fsp3) is 0.909. The first-order valence-corrected chi connectivity index (χ1v) is 5.50. The van der Waals surface area contributed by atoms with Gasteiger partial charge in [-0.15, -0.1) is 0 Å². The standard InChI is InChI=1S/C11H19NO2/c1-11(2,8-4-5-8)9(13)10(14)12-6-3-7-12/h8-9,13H,3-7H2,1-2H3/t9-/m0/s1. The molecular weight excluding hydrogens is 178 g/mol. The highest BCUT2D eigenvalue weighted by molar-refractivity contribution is 5.82. The first-order valence-electron chi connectivity index (χ1n) is 5.50. The van der Waals surface area contributed by atoms with Crippen LogP contribution in [-0.2, 0) is 4.79 Å². The van der Waals surface area contributed by atoms with Gasteiger partial charge in [0.25, 0.3) is 5.91 Å². The maximum absolute atomic E-state index is 11.8. The zero-order valence-electron chi connectivity index (χ0n) is 8.99. The molecule has 1 aliphatic carbocycles. The number of aliphatic hydroxyl groups is 1. The van der Waals surface area contributed by atoms with Gasteiger partial charge in [-0.3, -0.25) is 4.79 Å². The summed E-state index contributed by atoms with van der Waals surface area (Å²) in [6.45, 7) is 5.67. The van der Waals surface area contributed by atoms with E-state index in [1.54, 1.807) is 4.90 Å². The molecule has 0 radical (unpaired) electrons. The van der Waals surface area contributed by atoms with Gasteiger partial charge >= 0.3 is 0 Å². The van der Waals surface area contributed by atoms with Crippen molar-refractivity contribution in [2.45, 2.75) is 39.2 Å². The van der Waals surface area contributed by atoms with Gasteiger partial charge in [-0.25, -0.2) is 0 Å². The first kappa shape index (κ1) is 9.97. The quantitative estimate of drug-likeness (QED) is 0.733. The molecule has 2 fully saturated rings. The van der Waals surface area contributed by atoms with E-state index in [9.17, 15) is 9.90 Å². The van der Waals surface area contributed by atoms with Crippen molar-refractivity contribution in [3.8, 4) is 0 Å². The number of aliphatic hydroxyl groups excluding tert-OH is 1. The summed E-state index contributed by atoms with van der Waals surface area (Å²) < 4.78 is 0. The summed E-state index contributed by atoms with van der Waals surface area (Å²) in [6, 6.07) is 0. The second kappa shape index (κ2) is 3.23. The number of carbonyl (C=O) groups is 1. The van der Waals surface area contributed by atoms with E-state index in [1.807, 2.05) is 13.8 Å². The first-order chi connectivity index (χ1) is 6.53. The Kier molecular flexibility index (Phi) is 2.30. The lowest BCUT2D eigenvalue weighted by Crippen LogP contribution is -2.52. The smallest absolute Gasteiger partial charge is 0.251 e. The molecular formula is C11H19NO2. The third-order valence-electron chi connectivity index (χ3n) is 3.74. The van der Waals surface area contributed by atoms with Crippen molar-refractivity contribution in [2.24, 2.45) is 11.3 Å². The Labute approximate surface area is 85.1 Å². The van der Waals surface area contributed by atoms with Crippen molar-refractivity contribution in [1.29, 1.82) is 0 Å². The number of hydrogen-bond donors (Lipinski definition) is 1. The van der Waals surface area contributed by atoms with E-state index in [4.69, 9.17) is 0 Å². The lowest BCUT2D eigenvalue weighted by molar-refractivity contribution is -0.151. The van der Waals surface area contributed by atoms with E-state index < -0.39 is 6.10 Å². The molecule has 1 atom stereocenters. The number of amides is 1. The van der Waals surface area contributed by atoms with Gasteiger partial charge in [-0.05, 0) is 25.2 Å². The summed E-state index contributed by atoms with van der Waals surface area (Å²) >= 11 is 0. The van der Waals surface area contributed by atoms with E-state index in [-0.39, 0.29) is 11.3 Å². The summed E-state index contributed by atoms with van der Waals surface area (Å²) in [5.74, 6) is 0.482. The molecule has 1 saturated carbocycles. The highest BCUT2D eigenvalue weighted by atomic mass is 16.3. The van der Waals surface area contributed by atoms with Crippen LogP contribution in [0.4, 0.5) is 0 Å². The second-order valence-electron chi connectivity index (χ2n) is 5.18. The summed E-state index contributed by atoms with van der Waals surface area (Å²) in [5, 5.41) is 10.0. The molecule has 1 amide bonds. The van der Waals surface area contributed by atoms with Crippen LogP contribution in [0, 0.1) is 11.3 Å². The van der Waals surface area contributed by atoms with E-state index in [2.05, 4.69) is 0 Å². The predicted octanol–water partition coefficient (Wildman–Crippen LogP) is 1.02. The van der Waals surface area contributed by atoms with Crippen molar-refractivity contribution in [3.63, 3.8) is 0 Å². The molecule has 0 aromatic carbocycles. The molecule has 3 heteroatoms. The van der Waals surface area contributed by atoms with Gasteiger partial charge in [-0.1, -0.05) is 13.8 Å². The SMILES string of the molecule is CC(C)(C1CC1)[C@@H](O)C(=O)N1CCC1. The molecule has 14 heavy (non-hydrogen) atoms. The Morgan fingerprint density at radius 3 is 2.36 bits per heavy atom. The van der Waals surface area contributed by atoms with Gasteiger partial charge in [-0.2, -0.15) is 0 Å². The van der Waals surface area contributed by atoms with Crippen LogP contribution in [-0.4, -0.2) is 35.1 Å². The average Bonchev–Trinajstić information content (AvgIpc) is 2.81. The molecule has 0 aromatic heterocycles. The van der Waals surface area contributed by atoms with Crippen LogP contribution in [0.2, 0.25) is 0 Å². The Morgan fingerprint density at radius 1 is 1.43 bits per heavy atom. The van der Waals surface area contributed by atoms with Crippen molar-refractivity contribution in [2.75, 3.05) is 13.1 Å². The van der Waals surface area contributed by atoms with Crippen LogP contribution in [0.15, 0.2) is 0 Å². The van der Waals surface area contributed by atoms with Crippen molar-refractivity contribution >= 4 is 5.91 Å². The summed E-state index contributed by atoms with van der Waals surface area (Å²) in [4.78, 5) is 13.5. The van der Waals surface area contributed by atoms with Crippen LogP contribution < -0.4 is 0 Å². The Balaban J connectivity index is 1.98. The fourth-order valence-electron chi connectivity index (χ4n) is 2.08. The summed E-state index contributed by atoms with van der Waals surface area (Å²) in [5.41, 5.74) is -0.229. The zero-order chi connectivity index (χ0) is 10.3. The molecule has 1 saturated heterocycles. The lowest BCUT2D eigenvalue weighted by Gasteiger charge is -2.38. The third kappa shape index (κ3) is 1.54. The van der Waals surface area contributed by atoms with Crippen molar-refractivity contribution < 1.29 is 9.90 Å². The molecule has 80 valence electrons.